The first-order chi connectivity index (χ1) is 14.5. The number of hydrogen-bond acceptors (Lipinski definition) is 5. The molecule has 2 atom stereocenters. The molecule has 1 aromatic heterocycles. The van der Waals surface area contributed by atoms with Crippen molar-refractivity contribution >= 4 is 12.1 Å². The summed E-state index contributed by atoms with van der Waals surface area (Å²) in [5, 5.41) is 3.93. The maximum atomic E-state index is 11.7. The van der Waals surface area contributed by atoms with Crippen LogP contribution in [-0.2, 0) is 9.57 Å². The van der Waals surface area contributed by atoms with Crippen LogP contribution >= 0.6 is 0 Å². The minimum atomic E-state index is -0.541. The Kier molecular flexibility index (Phi) is 3.54. The number of rotatable bonds is 2. The molecule has 1 amide bonds. The van der Waals surface area contributed by atoms with Crippen LogP contribution in [0.3, 0.4) is 0 Å². The summed E-state index contributed by atoms with van der Waals surface area (Å²) in [6, 6.07) is 6.65. The first kappa shape index (κ1) is 17.5. The van der Waals surface area contributed by atoms with Gasteiger partial charge in [0, 0.05) is 23.4 Å². The average molecular weight is 400 g/mol. The van der Waals surface area contributed by atoms with Crippen molar-refractivity contribution in [3.63, 3.8) is 0 Å². The third-order valence-electron chi connectivity index (χ3n) is 6.47. The van der Waals surface area contributed by atoms with Crippen LogP contribution in [0.25, 0.3) is 11.4 Å². The second kappa shape index (κ2) is 6.07. The van der Waals surface area contributed by atoms with Crippen molar-refractivity contribution in [1.82, 2.24) is 9.55 Å². The van der Waals surface area contributed by atoms with E-state index in [0.29, 0.717) is 24.3 Å². The van der Waals surface area contributed by atoms with Gasteiger partial charge in [-0.25, -0.2) is 4.98 Å². The van der Waals surface area contributed by atoms with E-state index in [0.717, 1.165) is 35.6 Å². The lowest BCUT2D eigenvalue weighted by Gasteiger charge is -2.34. The summed E-state index contributed by atoms with van der Waals surface area (Å²) >= 11 is 0. The van der Waals surface area contributed by atoms with Gasteiger partial charge in [0.05, 0.1) is 18.7 Å². The Morgan fingerprint density at radius 3 is 2.93 bits per heavy atom. The highest BCUT2D eigenvalue weighted by atomic mass is 16.6. The Hall–Kier alpha value is -3.37. The molecule has 2 fully saturated rings. The van der Waals surface area contributed by atoms with Crippen molar-refractivity contribution in [3.8, 4) is 23.2 Å². The molecule has 1 saturated carbocycles. The lowest BCUT2D eigenvalue weighted by Crippen LogP contribution is -2.24. The molecule has 2 aromatic rings. The van der Waals surface area contributed by atoms with Gasteiger partial charge in [0.15, 0.2) is 5.60 Å². The van der Waals surface area contributed by atoms with Gasteiger partial charge in [-0.15, -0.1) is 0 Å². The van der Waals surface area contributed by atoms with Crippen molar-refractivity contribution in [2.24, 2.45) is 16.8 Å². The first-order valence-electron chi connectivity index (χ1n) is 10.1. The van der Waals surface area contributed by atoms with Gasteiger partial charge in [-0.1, -0.05) is 23.1 Å². The van der Waals surface area contributed by atoms with Gasteiger partial charge >= 0.3 is 0 Å². The highest BCUT2D eigenvalue weighted by molar-refractivity contribution is 5.91. The van der Waals surface area contributed by atoms with Gasteiger partial charge in [0.2, 0.25) is 0 Å². The van der Waals surface area contributed by atoms with E-state index in [1.54, 1.807) is 12.4 Å². The number of hydrogen-bond donors (Lipinski definition) is 1. The largest absolute Gasteiger partial charge is 0.364 e. The summed E-state index contributed by atoms with van der Waals surface area (Å²) in [6.45, 7) is 2.44. The van der Waals surface area contributed by atoms with Crippen LogP contribution in [0.1, 0.15) is 53.3 Å². The van der Waals surface area contributed by atoms with Gasteiger partial charge in [0.25, 0.3) is 5.91 Å². The predicted octanol–water partition coefficient (Wildman–Crippen LogP) is 2.74. The number of epoxide rings is 1. The second-order valence-electron chi connectivity index (χ2n) is 8.42. The fraction of sp³-hybridized carbons (Fsp3) is 0.348. The molecule has 5 aliphatic rings. The van der Waals surface area contributed by atoms with Crippen molar-refractivity contribution in [2.45, 2.75) is 37.3 Å². The first-order valence-corrected chi connectivity index (χ1v) is 10.1. The molecule has 7 nitrogen and oxygen atoms in total. The van der Waals surface area contributed by atoms with Crippen LogP contribution in [0.2, 0.25) is 0 Å². The molecule has 150 valence electrons. The zero-order chi connectivity index (χ0) is 20.5. The molecule has 2 unspecified atom stereocenters. The summed E-state index contributed by atoms with van der Waals surface area (Å²) in [5.41, 5.74) is 8.44. The molecule has 1 saturated heterocycles. The summed E-state index contributed by atoms with van der Waals surface area (Å²) in [6.07, 6.45) is 7.64. The molecular weight excluding hydrogens is 380 g/mol. The fourth-order valence-corrected chi connectivity index (χ4v) is 4.61. The van der Waals surface area contributed by atoms with E-state index >= 15 is 0 Å². The van der Waals surface area contributed by atoms with E-state index in [9.17, 15) is 4.79 Å². The van der Waals surface area contributed by atoms with E-state index in [4.69, 9.17) is 15.3 Å². The van der Waals surface area contributed by atoms with Crippen LogP contribution in [0.15, 0.2) is 41.4 Å². The Balaban J connectivity index is 1.39. The highest BCUT2D eigenvalue weighted by Gasteiger charge is 2.50. The van der Waals surface area contributed by atoms with E-state index in [-0.39, 0.29) is 5.92 Å². The van der Waals surface area contributed by atoms with E-state index in [1.807, 2.05) is 13.0 Å². The molecule has 5 heterocycles. The zero-order valence-electron chi connectivity index (χ0n) is 16.5. The minimum absolute atomic E-state index is 0.0242. The van der Waals surface area contributed by atoms with Crippen LogP contribution in [0.5, 0.6) is 0 Å². The normalized spacial score (nSPS) is 29.8. The predicted molar refractivity (Wildman–Crippen MR) is 110 cm³/mol. The number of imidazole rings is 1. The summed E-state index contributed by atoms with van der Waals surface area (Å²) < 4.78 is 7.82. The van der Waals surface area contributed by atoms with Gasteiger partial charge in [0.1, 0.15) is 17.3 Å². The van der Waals surface area contributed by atoms with Crippen LogP contribution in [0.4, 0.5) is 0 Å². The number of oxime groups is 1. The Labute approximate surface area is 173 Å². The summed E-state index contributed by atoms with van der Waals surface area (Å²) in [5.74, 6) is 8.14. The van der Waals surface area contributed by atoms with Gasteiger partial charge in [-0.3, -0.25) is 4.79 Å². The van der Waals surface area contributed by atoms with Crippen LogP contribution in [0, 0.1) is 17.8 Å². The molecule has 0 radical (unpaired) electrons. The number of benzene rings is 1. The average Bonchev–Trinajstić information content (AvgIpc) is 3.42. The number of carbonyl (C=O) groups excluding carboxylic acids is 1. The Morgan fingerprint density at radius 2 is 2.20 bits per heavy atom. The van der Waals surface area contributed by atoms with Gasteiger partial charge in [-0.2, -0.15) is 0 Å². The third-order valence-corrected chi connectivity index (χ3v) is 6.47. The van der Waals surface area contributed by atoms with Crippen LogP contribution < -0.4 is 5.73 Å². The number of ether oxygens (including phenoxy) is 1. The summed E-state index contributed by atoms with van der Waals surface area (Å²) in [4.78, 5) is 21.4. The van der Waals surface area contributed by atoms with Crippen molar-refractivity contribution < 1.29 is 14.4 Å². The lowest BCUT2D eigenvalue weighted by molar-refractivity contribution is 0.0996. The maximum Gasteiger partial charge on any atom is 0.268 e. The number of nitrogens with zero attached hydrogens (tertiary/aromatic N) is 3. The monoisotopic (exact) mass is 400 g/mol. The standard InChI is InChI=1S/C23H20N4O3/c1-13-6-16(10-25-30-13)23(12-29-23)5-4-14-2-3-18-15-8-17(9-15)27-11-20(21(24)28)26-22(27)19(18)7-14/h2-3,6-7,10-11,15-17H,8-9,12H2,1H3,(H2,24,28). The molecule has 1 aliphatic carbocycles. The topological polar surface area (TPSA) is 95.0 Å². The zero-order valence-corrected chi connectivity index (χ0v) is 16.5. The second-order valence-corrected chi connectivity index (χ2v) is 8.42. The Morgan fingerprint density at radius 1 is 1.37 bits per heavy atom. The molecule has 2 N–H and O–H groups in total. The molecule has 2 bridgehead atoms. The maximum absolute atomic E-state index is 11.7. The Bertz CT molecular complexity index is 1200. The van der Waals surface area contributed by atoms with Gasteiger partial charge in [-0.05, 0) is 49.5 Å². The lowest BCUT2D eigenvalue weighted by atomic mass is 9.75. The molecular formula is C23H20N4O3. The molecule has 30 heavy (non-hydrogen) atoms. The highest BCUT2D eigenvalue weighted by Crippen LogP contribution is 2.52. The number of amides is 1. The molecule has 7 rings (SSSR count). The molecule has 0 spiro atoms. The number of nitrogens with two attached hydrogens (primary N) is 1. The van der Waals surface area contributed by atoms with Gasteiger partial charge < -0.3 is 19.9 Å². The summed E-state index contributed by atoms with van der Waals surface area (Å²) in [7, 11) is 0. The molecule has 4 aliphatic heterocycles. The quantitative estimate of drug-likeness (QED) is 0.619. The number of carbonyl (C=O) groups is 1. The van der Waals surface area contributed by atoms with Crippen molar-refractivity contribution in [2.75, 3.05) is 6.61 Å². The van der Waals surface area contributed by atoms with E-state index < -0.39 is 11.5 Å². The third kappa shape index (κ3) is 2.61. The molecule has 1 aromatic carbocycles. The van der Waals surface area contributed by atoms with E-state index in [1.165, 1.54) is 5.56 Å². The fourth-order valence-electron chi connectivity index (χ4n) is 4.61. The van der Waals surface area contributed by atoms with Crippen molar-refractivity contribution in [1.29, 1.82) is 0 Å². The molecule has 7 heteroatoms. The van der Waals surface area contributed by atoms with Crippen LogP contribution in [-0.4, -0.2) is 33.9 Å². The van der Waals surface area contributed by atoms with E-state index in [2.05, 4.69) is 44.7 Å². The minimum Gasteiger partial charge on any atom is -0.364 e. The van der Waals surface area contributed by atoms with Crippen molar-refractivity contribution in [3.05, 3.63) is 53.1 Å². The number of allylic oxidation sites excluding steroid dienone is 1. The number of aromatic nitrogens is 2. The smallest absolute Gasteiger partial charge is 0.268 e. The SMILES string of the molecule is CC1=CC(C2(C#Cc3ccc4c(c3)-c3nc(C(N)=O)cn3C3CC4C3)CO2)C=NO1. The number of primary amides is 1.